The van der Waals surface area contributed by atoms with E-state index in [2.05, 4.69) is 25.9 Å². The van der Waals surface area contributed by atoms with Crippen LogP contribution in [-0.2, 0) is 25.6 Å². The second-order valence-electron chi connectivity index (χ2n) is 9.06. The number of aliphatic carboxylic acids is 1. The molecule has 11 heteroatoms. The van der Waals surface area contributed by atoms with Crippen molar-refractivity contribution in [2.75, 3.05) is 0 Å². The summed E-state index contributed by atoms with van der Waals surface area (Å²) in [6.07, 6.45) is 3.84. The number of rotatable bonds is 13. The quantitative estimate of drug-likeness (QED) is 0.240. The summed E-state index contributed by atoms with van der Waals surface area (Å²) < 4.78 is 0. The topological polar surface area (TPSA) is 179 Å². The van der Waals surface area contributed by atoms with Crippen molar-refractivity contribution in [1.29, 1.82) is 0 Å². The number of amides is 3. The van der Waals surface area contributed by atoms with Gasteiger partial charge in [-0.1, -0.05) is 48.0 Å². The molecular weight excluding hydrogens is 428 g/mol. The summed E-state index contributed by atoms with van der Waals surface area (Å²) in [6, 6.07) is -3.86. The average molecular weight is 467 g/mol. The van der Waals surface area contributed by atoms with Gasteiger partial charge in [0, 0.05) is 18.3 Å². The molecule has 0 bridgehead atoms. The third kappa shape index (κ3) is 8.49. The maximum atomic E-state index is 13.0. The van der Waals surface area contributed by atoms with E-state index in [4.69, 9.17) is 5.73 Å². The Kier molecular flexibility index (Phi) is 11.0. The smallest absolute Gasteiger partial charge is 0.326 e. The van der Waals surface area contributed by atoms with E-state index in [1.807, 2.05) is 6.92 Å². The van der Waals surface area contributed by atoms with Crippen LogP contribution in [0.2, 0.25) is 0 Å². The normalized spacial score (nSPS) is 15.9. The zero-order valence-corrected chi connectivity index (χ0v) is 20.2. The molecule has 33 heavy (non-hydrogen) atoms. The molecule has 5 atom stereocenters. The van der Waals surface area contributed by atoms with Gasteiger partial charge < -0.3 is 31.8 Å². The van der Waals surface area contributed by atoms with Gasteiger partial charge >= 0.3 is 5.97 Å². The molecule has 1 rings (SSSR count). The second kappa shape index (κ2) is 12.9. The largest absolute Gasteiger partial charge is 0.480 e. The van der Waals surface area contributed by atoms with Gasteiger partial charge in [-0.2, -0.15) is 0 Å². The van der Waals surface area contributed by atoms with Gasteiger partial charge in [-0.05, 0) is 17.8 Å². The molecule has 186 valence electrons. The molecule has 3 amide bonds. The number of carbonyl (C=O) groups excluding carboxylic acids is 3. The van der Waals surface area contributed by atoms with Crippen molar-refractivity contribution in [2.45, 2.75) is 78.6 Å². The van der Waals surface area contributed by atoms with Crippen LogP contribution in [0.4, 0.5) is 0 Å². The van der Waals surface area contributed by atoms with Gasteiger partial charge in [-0.3, -0.25) is 14.4 Å². The Hall–Kier alpha value is -2.95. The van der Waals surface area contributed by atoms with Crippen LogP contribution in [0.1, 0.15) is 53.7 Å². The Morgan fingerprint density at radius 3 is 1.82 bits per heavy atom. The van der Waals surface area contributed by atoms with Crippen molar-refractivity contribution >= 4 is 23.7 Å². The number of nitrogens with two attached hydrogens (primary N) is 1. The van der Waals surface area contributed by atoms with Gasteiger partial charge in [0.25, 0.3) is 0 Å². The number of hydrogen-bond donors (Lipinski definition) is 6. The summed E-state index contributed by atoms with van der Waals surface area (Å²) in [5, 5.41) is 17.3. The van der Waals surface area contributed by atoms with Crippen molar-refractivity contribution < 1.29 is 24.3 Å². The summed E-state index contributed by atoms with van der Waals surface area (Å²) in [6.45, 7) is 10.6. The van der Waals surface area contributed by atoms with Crippen molar-refractivity contribution in [3.05, 3.63) is 18.2 Å². The minimum atomic E-state index is -1.13. The van der Waals surface area contributed by atoms with E-state index < -0.39 is 47.9 Å². The van der Waals surface area contributed by atoms with Crippen molar-refractivity contribution in [2.24, 2.45) is 23.5 Å². The van der Waals surface area contributed by atoms with Gasteiger partial charge in [0.1, 0.15) is 18.1 Å². The summed E-state index contributed by atoms with van der Waals surface area (Å²) in [4.78, 5) is 56.8. The van der Waals surface area contributed by atoms with Gasteiger partial charge in [-0.25, -0.2) is 9.78 Å². The van der Waals surface area contributed by atoms with Crippen LogP contribution in [0.25, 0.3) is 0 Å². The van der Waals surface area contributed by atoms with Gasteiger partial charge in [0.2, 0.25) is 17.7 Å². The Bertz CT molecular complexity index is 795. The summed E-state index contributed by atoms with van der Waals surface area (Å²) >= 11 is 0. The fourth-order valence-corrected chi connectivity index (χ4v) is 3.23. The molecule has 0 aliphatic heterocycles. The van der Waals surface area contributed by atoms with Gasteiger partial charge in [0.15, 0.2) is 0 Å². The van der Waals surface area contributed by atoms with Crippen LogP contribution in [0, 0.1) is 17.8 Å². The monoisotopic (exact) mass is 466 g/mol. The number of aromatic amines is 1. The lowest BCUT2D eigenvalue weighted by molar-refractivity contribution is -0.144. The predicted octanol–water partition coefficient (Wildman–Crippen LogP) is 0.177. The molecular formula is C22H38N6O5. The second-order valence-corrected chi connectivity index (χ2v) is 9.06. The molecule has 1 aromatic rings. The summed E-state index contributed by atoms with van der Waals surface area (Å²) in [7, 11) is 0. The maximum absolute atomic E-state index is 13.0. The van der Waals surface area contributed by atoms with E-state index in [1.165, 1.54) is 6.33 Å². The number of carboxylic acids is 1. The SMILES string of the molecule is CCC(C)C(NC(=O)C(NC(=O)C(NC(=O)C(N)Cc1cnc[nH]1)C(C)C)C(C)C)C(=O)O. The molecule has 11 nitrogen and oxygen atoms in total. The van der Waals surface area contributed by atoms with Crippen molar-refractivity contribution in [1.82, 2.24) is 25.9 Å². The number of carbonyl (C=O) groups is 4. The third-order valence-corrected chi connectivity index (χ3v) is 5.60. The van der Waals surface area contributed by atoms with E-state index in [0.29, 0.717) is 12.1 Å². The van der Waals surface area contributed by atoms with E-state index in [9.17, 15) is 24.3 Å². The van der Waals surface area contributed by atoms with E-state index >= 15 is 0 Å². The van der Waals surface area contributed by atoms with E-state index in [0.717, 1.165) is 0 Å². The molecule has 5 unspecified atom stereocenters. The van der Waals surface area contributed by atoms with Gasteiger partial charge in [0.05, 0.1) is 12.4 Å². The molecule has 0 spiro atoms. The van der Waals surface area contributed by atoms with Crippen LogP contribution >= 0.6 is 0 Å². The predicted molar refractivity (Wildman–Crippen MR) is 123 cm³/mol. The highest BCUT2D eigenvalue weighted by Gasteiger charge is 2.34. The molecule has 0 aliphatic rings. The number of carboxylic acid groups (broad SMARTS) is 1. The molecule has 0 aliphatic carbocycles. The zero-order chi connectivity index (χ0) is 25.3. The van der Waals surface area contributed by atoms with Gasteiger partial charge in [-0.15, -0.1) is 0 Å². The first-order valence-corrected chi connectivity index (χ1v) is 11.3. The first-order chi connectivity index (χ1) is 15.4. The minimum absolute atomic E-state index is 0.224. The Morgan fingerprint density at radius 2 is 1.42 bits per heavy atom. The van der Waals surface area contributed by atoms with Crippen LogP contribution in [0.3, 0.4) is 0 Å². The standard InChI is InChI=1S/C22H38N6O5/c1-7-13(6)18(22(32)33)28-21(31)17(12(4)5)27-20(30)16(11(2)3)26-19(29)15(23)8-14-9-24-10-25-14/h9-13,15-18H,7-8,23H2,1-6H3,(H,24,25)(H,26,29)(H,27,30)(H,28,31)(H,32,33). The van der Waals surface area contributed by atoms with Crippen molar-refractivity contribution in [3.63, 3.8) is 0 Å². The Morgan fingerprint density at radius 1 is 0.939 bits per heavy atom. The Labute approximate surface area is 194 Å². The number of nitrogens with one attached hydrogen (secondary N) is 4. The average Bonchev–Trinajstić information content (AvgIpc) is 3.25. The van der Waals surface area contributed by atoms with Crippen LogP contribution < -0.4 is 21.7 Å². The summed E-state index contributed by atoms with van der Waals surface area (Å²) in [5.41, 5.74) is 6.66. The number of H-pyrrole nitrogens is 1. The molecule has 0 fully saturated rings. The molecule has 0 saturated carbocycles. The van der Waals surface area contributed by atoms with E-state index in [-0.39, 0.29) is 24.2 Å². The first-order valence-electron chi connectivity index (χ1n) is 11.3. The van der Waals surface area contributed by atoms with Crippen LogP contribution in [-0.4, -0.2) is 62.9 Å². The molecule has 1 aromatic heterocycles. The lowest BCUT2D eigenvalue weighted by Gasteiger charge is -2.29. The van der Waals surface area contributed by atoms with E-state index in [1.54, 1.807) is 40.8 Å². The fraction of sp³-hybridized carbons (Fsp3) is 0.682. The molecule has 1 heterocycles. The molecule has 7 N–H and O–H groups in total. The van der Waals surface area contributed by atoms with Crippen molar-refractivity contribution in [3.8, 4) is 0 Å². The molecule has 0 saturated heterocycles. The third-order valence-electron chi connectivity index (χ3n) is 5.60. The number of imidazole rings is 1. The highest BCUT2D eigenvalue weighted by molar-refractivity contribution is 5.94. The number of aromatic nitrogens is 2. The number of nitrogens with zero attached hydrogens (tertiary/aromatic N) is 1. The Balaban J connectivity index is 2.89. The van der Waals surface area contributed by atoms with Crippen LogP contribution in [0.15, 0.2) is 12.5 Å². The maximum Gasteiger partial charge on any atom is 0.326 e. The summed E-state index contributed by atoms with van der Waals surface area (Å²) in [5.74, 6) is -3.65. The number of hydrogen-bond acceptors (Lipinski definition) is 6. The highest BCUT2D eigenvalue weighted by Crippen LogP contribution is 2.11. The van der Waals surface area contributed by atoms with Crippen LogP contribution in [0.5, 0.6) is 0 Å². The lowest BCUT2D eigenvalue weighted by Crippen LogP contribution is -2.60. The molecule has 0 radical (unpaired) electrons. The highest BCUT2D eigenvalue weighted by atomic mass is 16.4. The molecule has 0 aromatic carbocycles. The first kappa shape index (κ1) is 28.1. The minimum Gasteiger partial charge on any atom is -0.480 e. The fourth-order valence-electron chi connectivity index (χ4n) is 3.23. The zero-order valence-electron chi connectivity index (χ0n) is 20.2. The lowest BCUT2D eigenvalue weighted by atomic mass is 9.96.